The summed E-state index contributed by atoms with van der Waals surface area (Å²) in [6, 6.07) is 0. The minimum atomic E-state index is -0.0958. The molecule has 2 heteroatoms. The van der Waals surface area contributed by atoms with Crippen LogP contribution >= 0.6 is 0 Å². The van der Waals surface area contributed by atoms with Gasteiger partial charge >= 0.3 is 0 Å². The number of hydrogen-bond donors (Lipinski definition) is 2. The SMILES string of the molecule is CC(C)CCO.CCCCCC(C)O. The van der Waals surface area contributed by atoms with Crippen LogP contribution in [0.4, 0.5) is 0 Å². The van der Waals surface area contributed by atoms with Crippen molar-refractivity contribution in [2.75, 3.05) is 6.61 Å². The van der Waals surface area contributed by atoms with Crippen LogP contribution in [0.2, 0.25) is 0 Å². The number of unbranched alkanes of at least 4 members (excludes halogenated alkanes) is 2. The molecule has 0 radical (unpaired) electrons. The van der Waals surface area contributed by atoms with Gasteiger partial charge in [0.2, 0.25) is 0 Å². The average Bonchev–Trinajstić information content (AvgIpc) is 2.05. The summed E-state index contributed by atoms with van der Waals surface area (Å²) in [7, 11) is 0. The van der Waals surface area contributed by atoms with Crippen molar-refractivity contribution in [3.63, 3.8) is 0 Å². The fourth-order valence-corrected chi connectivity index (χ4v) is 0.948. The van der Waals surface area contributed by atoms with E-state index in [1.54, 1.807) is 0 Å². The maximum Gasteiger partial charge on any atom is 0.0512 e. The summed E-state index contributed by atoms with van der Waals surface area (Å²) in [5.41, 5.74) is 0. The molecule has 0 saturated carbocycles. The van der Waals surface area contributed by atoms with E-state index in [4.69, 9.17) is 10.2 Å². The predicted molar refractivity (Wildman–Crippen MR) is 62.4 cm³/mol. The average molecular weight is 204 g/mol. The van der Waals surface area contributed by atoms with Crippen molar-refractivity contribution in [2.45, 2.75) is 65.9 Å². The number of aliphatic hydroxyl groups excluding tert-OH is 2. The quantitative estimate of drug-likeness (QED) is 0.653. The molecule has 0 spiro atoms. The molecule has 2 N–H and O–H groups in total. The summed E-state index contributed by atoms with van der Waals surface area (Å²) in [5, 5.41) is 17.0. The highest BCUT2D eigenvalue weighted by Gasteiger charge is 1.92. The largest absolute Gasteiger partial charge is 0.396 e. The zero-order valence-electron chi connectivity index (χ0n) is 10.3. The lowest BCUT2D eigenvalue weighted by Crippen LogP contribution is -1.97. The predicted octanol–water partition coefficient (Wildman–Crippen LogP) is 2.97. The van der Waals surface area contributed by atoms with Gasteiger partial charge in [0.15, 0.2) is 0 Å². The molecule has 0 saturated heterocycles. The molecule has 0 aromatic heterocycles. The molecule has 0 aromatic rings. The lowest BCUT2D eigenvalue weighted by molar-refractivity contribution is 0.180. The van der Waals surface area contributed by atoms with Gasteiger partial charge in [-0.3, -0.25) is 0 Å². The highest BCUT2D eigenvalue weighted by atomic mass is 16.3. The van der Waals surface area contributed by atoms with Crippen LogP contribution in [0.1, 0.15) is 59.8 Å². The van der Waals surface area contributed by atoms with Gasteiger partial charge in [0.1, 0.15) is 0 Å². The van der Waals surface area contributed by atoms with Crippen molar-refractivity contribution in [2.24, 2.45) is 5.92 Å². The summed E-state index contributed by atoms with van der Waals surface area (Å²) >= 11 is 0. The first kappa shape index (κ1) is 16.4. The number of rotatable bonds is 6. The van der Waals surface area contributed by atoms with Crippen molar-refractivity contribution in [3.8, 4) is 0 Å². The normalized spacial score (nSPS) is 12.2. The molecule has 0 aliphatic carbocycles. The fraction of sp³-hybridized carbons (Fsp3) is 1.00. The van der Waals surface area contributed by atoms with E-state index in [0.29, 0.717) is 12.5 Å². The van der Waals surface area contributed by atoms with Crippen LogP contribution < -0.4 is 0 Å². The fourth-order valence-electron chi connectivity index (χ4n) is 0.948. The van der Waals surface area contributed by atoms with Crippen LogP contribution in [0.25, 0.3) is 0 Å². The van der Waals surface area contributed by atoms with E-state index in [1.807, 2.05) is 6.92 Å². The van der Waals surface area contributed by atoms with Gasteiger partial charge in [-0.25, -0.2) is 0 Å². The Morgan fingerprint density at radius 3 is 1.79 bits per heavy atom. The maximum absolute atomic E-state index is 8.78. The van der Waals surface area contributed by atoms with Crippen molar-refractivity contribution in [1.29, 1.82) is 0 Å². The Labute approximate surface area is 89.3 Å². The van der Waals surface area contributed by atoms with E-state index in [2.05, 4.69) is 20.8 Å². The lowest BCUT2D eigenvalue weighted by Gasteiger charge is -2.00. The molecule has 0 aliphatic rings. The summed E-state index contributed by atoms with van der Waals surface area (Å²) in [5.74, 6) is 0.648. The third kappa shape index (κ3) is 22.7. The van der Waals surface area contributed by atoms with Crippen molar-refractivity contribution < 1.29 is 10.2 Å². The van der Waals surface area contributed by atoms with Gasteiger partial charge in [-0.2, -0.15) is 0 Å². The molecule has 0 amide bonds. The first-order valence-electron chi connectivity index (χ1n) is 5.83. The molecule has 2 nitrogen and oxygen atoms in total. The molecule has 14 heavy (non-hydrogen) atoms. The smallest absolute Gasteiger partial charge is 0.0512 e. The van der Waals surface area contributed by atoms with Gasteiger partial charge in [0.05, 0.1) is 6.10 Å². The molecule has 1 atom stereocenters. The second-order valence-corrected chi connectivity index (χ2v) is 4.25. The Morgan fingerprint density at radius 1 is 1.00 bits per heavy atom. The second-order valence-electron chi connectivity index (χ2n) is 4.25. The highest BCUT2D eigenvalue weighted by molar-refractivity contribution is 4.45. The van der Waals surface area contributed by atoms with Crippen LogP contribution in [-0.4, -0.2) is 22.9 Å². The number of aliphatic hydroxyl groups is 2. The summed E-state index contributed by atoms with van der Waals surface area (Å²) in [4.78, 5) is 0. The minimum Gasteiger partial charge on any atom is -0.396 e. The molecule has 0 aliphatic heterocycles. The molecule has 0 bridgehead atoms. The second kappa shape index (κ2) is 12.9. The Kier molecular flexibility index (Phi) is 15.1. The Morgan fingerprint density at radius 2 is 1.57 bits per heavy atom. The minimum absolute atomic E-state index is 0.0958. The molecule has 1 unspecified atom stereocenters. The topological polar surface area (TPSA) is 40.5 Å². The Hall–Kier alpha value is -0.0800. The highest BCUT2D eigenvalue weighted by Crippen LogP contribution is 2.01. The van der Waals surface area contributed by atoms with E-state index in [-0.39, 0.29) is 6.10 Å². The van der Waals surface area contributed by atoms with E-state index < -0.39 is 0 Å². The van der Waals surface area contributed by atoms with Crippen LogP contribution in [0.15, 0.2) is 0 Å². The first-order valence-corrected chi connectivity index (χ1v) is 5.83. The zero-order chi connectivity index (χ0) is 11.4. The van der Waals surface area contributed by atoms with Crippen LogP contribution in [-0.2, 0) is 0 Å². The van der Waals surface area contributed by atoms with Gasteiger partial charge in [-0.05, 0) is 25.7 Å². The van der Waals surface area contributed by atoms with E-state index in [9.17, 15) is 0 Å². The van der Waals surface area contributed by atoms with Crippen molar-refractivity contribution >= 4 is 0 Å². The van der Waals surface area contributed by atoms with Crippen LogP contribution in [0.5, 0.6) is 0 Å². The molecule has 0 heterocycles. The van der Waals surface area contributed by atoms with Crippen LogP contribution in [0, 0.1) is 5.92 Å². The van der Waals surface area contributed by atoms with Crippen molar-refractivity contribution in [3.05, 3.63) is 0 Å². The van der Waals surface area contributed by atoms with Gasteiger partial charge < -0.3 is 10.2 Å². The molecule has 88 valence electrons. The number of hydrogen-bond acceptors (Lipinski definition) is 2. The van der Waals surface area contributed by atoms with Gasteiger partial charge in [0, 0.05) is 6.61 Å². The maximum atomic E-state index is 8.78. The van der Waals surface area contributed by atoms with E-state index >= 15 is 0 Å². The molecule has 0 fully saturated rings. The van der Waals surface area contributed by atoms with E-state index in [1.165, 1.54) is 19.3 Å². The van der Waals surface area contributed by atoms with Crippen LogP contribution in [0.3, 0.4) is 0 Å². The van der Waals surface area contributed by atoms with Gasteiger partial charge in [-0.1, -0.05) is 40.0 Å². The lowest BCUT2D eigenvalue weighted by atomic mass is 10.1. The Bertz CT molecular complexity index is 90.3. The molecular formula is C12H28O2. The Balaban J connectivity index is 0. The van der Waals surface area contributed by atoms with Crippen molar-refractivity contribution in [1.82, 2.24) is 0 Å². The summed E-state index contributed by atoms with van der Waals surface area (Å²) in [6.07, 6.45) is 5.47. The van der Waals surface area contributed by atoms with E-state index in [0.717, 1.165) is 12.8 Å². The third-order valence-electron chi connectivity index (χ3n) is 1.93. The molecule has 0 rings (SSSR count). The monoisotopic (exact) mass is 204 g/mol. The van der Waals surface area contributed by atoms with Gasteiger partial charge in [-0.15, -0.1) is 0 Å². The van der Waals surface area contributed by atoms with Gasteiger partial charge in [0.25, 0.3) is 0 Å². The first-order chi connectivity index (χ1) is 6.54. The molecule has 0 aromatic carbocycles. The third-order valence-corrected chi connectivity index (χ3v) is 1.93. The summed E-state index contributed by atoms with van der Waals surface area (Å²) in [6.45, 7) is 8.53. The molecular weight excluding hydrogens is 176 g/mol. The zero-order valence-corrected chi connectivity index (χ0v) is 10.3. The summed E-state index contributed by atoms with van der Waals surface area (Å²) < 4.78 is 0. The standard InChI is InChI=1S/C7H16O.C5H12O/c1-3-4-5-6-7(2)8;1-5(2)3-4-6/h7-8H,3-6H2,1-2H3;5-6H,3-4H2,1-2H3.